The maximum atomic E-state index is 13.7. The molecule has 0 aliphatic carbocycles. The highest BCUT2D eigenvalue weighted by molar-refractivity contribution is 7.14. The molecule has 0 bridgehead atoms. The van der Waals surface area contributed by atoms with Gasteiger partial charge in [-0.25, -0.2) is 9.97 Å². The van der Waals surface area contributed by atoms with E-state index in [0.717, 1.165) is 17.3 Å². The average molecular weight is 473 g/mol. The number of benzene rings is 2. The average Bonchev–Trinajstić information content (AvgIpc) is 3.46. The van der Waals surface area contributed by atoms with Crippen LogP contribution in [0, 0.1) is 0 Å². The van der Waals surface area contributed by atoms with Crippen LogP contribution in [-0.4, -0.2) is 46.6 Å². The molecular formula is C23H23F3N6S. The Morgan fingerprint density at radius 3 is 2.55 bits per heavy atom. The summed E-state index contributed by atoms with van der Waals surface area (Å²) in [5.74, 6) is 0. The summed E-state index contributed by atoms with van der Waals surface area (Å²) in [6.45, 7) is 1.26. The van der Waals surface area contributed by atoms with E-state index >= 15 is 0 Å². The van der Waals surface area contributed by atoms with Crippen molar-refractivity contribution in [2.24, 2.45) is 0 Å². The minimum absolute atomic E-state index is 0.0305. The Kier molecular flexibility index (Phi) is 6.66. The number of hydrogen-bond donors (Lipinski definition) is 2. The van der Waals surface area contributed by atoms with E-state index in [2.05, 4.69) is 20.6 Å². The van der Waals surface area contributed by atoms with Gasteiger partial charge in [0.2, 0.25) is 0 Å². The number of nitrogens with zero attached hydrogens (tertiary/aromatic N) is 4. The van der Waals surface area contributed by atoms with E-state index in [9.17, 15) is 13.2 Å². The Hall–Kier alpha value is -3.37. The van der Waals surface area contributed by atoms with Gasteiger partial charge in [0, 0.05) is 47.8 Å². The van der Waals surface area contributed by atoms with Crippen LogP contribution in [0.25, 0.3) is 16.9 Å². The minimum atomic E-state index is -4.50. The van der Waals surface area contributed by atoms with Crippen molar-refractivity contribution < 1.29 is 13.2 Å². The third-order valence-corrected chi connectivity index (χ3v) is 5.68. The van der Waals surface area contributed by atoms with E-state index in [1.807, 2.05) is 59.4 Å². The maximum absolute atomic E-state index is 13.7. The van der Waals surface area contributed by atoms with E-state index < -0.39 is 11.7 Å². The number of halogens is 3. The van der Waals surface area contributed by atoms with Crippen LogP contribution < -0.4 is 10.6 Å². The van der Waals surface area contributed by atoms with Crippen molar-refractivity contribution in [3.8, 4) is 16.9 Å². The van der Waals surface area contributed by atoms with Gasteiger partial charge < -0.3 is 20.1 Å². The van der Waals surface area contributed by atoms with Crippen LogP contribution in [0.3, 0.4) is 0 Å². The number of aromatic nitrogens is 3. The second-order valence-electron chi connectivity index (χ2n) is 7.67. The molecule has 2 aromatic carbocycles. The Bertz CT molecular complexity index is 1180. The van der Waals surface area contributed by atoms with Crippen LogP contribution >= 0.6 is 11.3 Å². The molecule has 0 amide bonds. The van der Waals surface area contributed by atoms with E-state index in [1.165, 1.54) is 17.4 Å². The van der Waals surface area contributed by atoms with Gasteiger partial charge in [0.1, 0.15) is 0 Å². The Labute approximate surface area is 193 Å². The highest BCUT2D eigenvalue weighted by Crippen LogP contribution is 2.38. The second kappa shape index (κ2) is 9.63. The van der Waals surface area contributed by atoms with Gasteiger partial charge in [-0.1, -0.05) is 12.1 Å². The van der Waals surface area contributed by atoms with Crippen LogP contribution in [0.5, 0.6) is 0 Å². The zero-order chi connectivity index (χ0) is 23.4. The summed E-state index contributed by atoms with van der Waals surface area (Å²) in [6, 6.07) is 11.9. The van der Waals surface area contributed by atoms with E-state index in [1.54, 1.807) is 18.6 Å². The number of nitrogens with one attached hydrogen (secondary N) is 2. The third kappa shape index (κ3) is 5.71. The number of rotatable bonds is 8. The lowest BCUT2D eigenvalue weighted by atomic mass is 10.1. The van der Waals surface area contributed by atoms with Crippen molar-refractivity contribution in [1.82, 2.24) is 19.4 Å². The lowest BCUT2D eigenvalue weighted by Gasteiger charge is -2.16. The highest BCUT2D eigenvalue weighted by Gasteiger charge is 2.34. The topological polar surface area (TPSA) is 58.0 Å². The van der Waals surface area contributed by atoms with Gasteiger partial charge in [0.15, 0.2) is 5.13 Å². The molecule has 0 unspecified atom stereocenters. The molecule has 0 aliphatic heterocycles. The summed E-state index contributed by atoms with van der Waals surface area (Å²) in [5.41, 5.74) is 2.18. The molecule has 10 heteroatoms. The number of likely N-dealkylation sites (N-methyl/N-ethyl adjacent to an activating group) is 1. The van der Waals surface area contributed by atoms with Crippen LogP contribution in [0.15, 0.2) is 66.6 Å². The smallest absolute Gasteiger partial charge is 0.384 e. The fourth-order valence-corrected chi connectivity index (χ4v) is 3.95. The number of thiazole rings is 1. The summed E-state index contributed by atoms with van der Waals surface area (Å²) in [6.07, 6.45) is 0.765. The normalized spacial score (nSPS) is 11.7. The fraction of sp³-hybridized carbons (Fsp3) is 0.217. The first kappa shape index (κ1) is 22.8. The predicted molar refractivity (Wildman–Crippen MR) is 126 cm³/mol. The summed E-state index contributed by atoms with van der Waals surface area (Å²) in [5, 5.41) is 8.08. The molecule has 2 N–H and O–H groups in total. The zero-order valence-corrected chi connectivity index (χ0v) is 18.9. The SMILES string of the molecule is CN(C)CCNc1ccc(Nc2nc(-c3ccc(-n4ccnc4)cc3)cs2)c(C(F)(F)F)c1. The summed E-state index contributed by atoms with van der Waals surface area (Å²) in [7, 11) is 3.82. The third-order valence-electron chi connectivity index (χ3n) is 4.92. The van der Waals surface area contributed by atoms with Gasteiger partial charge in [0.05, 0.1) is 23.3 Å². The first-order chi connectivity index (χ1) is 15.8. The molecule has 2 heterocycles. The van der Waals surface area contributed by atoms with Crippen molar-refractivity contribution >= 4 is 27.8 Å². The number of imidazole rings is 1. The summed E-state index contributed by atoms with van der Waals surface area (Å²) < 4.78 is 43.0. The molecule has 2 aromatic heterocycles. The molecule has 0 saturated heterocycles. The maximum Gasteiger partial charge on any atom is 0.418 e. The molecule has 0 saturated carbocycles. The van der Waals surface area contributed by atoms with Crippen LogP contribution in [0.4, 0.5) is 29.7 Å². The monoisotopic (exact) mass is 472 g/mol. The van der Waals surface area contributed by atoms with Gasteiger partial charge in [-0.05, 0) is 44.4 Å². The highest BCUT2D eigenvalue weighted by atomic mass is 32.1. The van der Waals surface area contributed by atoms with Gasteiger partial charge in [0.25, 0.3) is 0 Å². The molecule has 0 aliphatic rings. The molecule has 4 rings (SSSR count). The van der Waals surface area contributed by atoms with Crippen LogP contribution in [0.1, 0.15) is 5.56 Å². The van der Waals surface area contributed by atoms with Gasteiger partial charge in [-0.3, -0.25) is 0 Å². The Morgan fingerprint density at radius 2 is 1.88 bits per heavy atom. The number of anilines is 3. The summed E-state index contributed by atoms with van der Waals surface area (Å²) >= 11 is 1.26. The standard InChI is InChI=1S/C23H23F3N6S/c1-31(2)11-10-28-17-5-8-20(19(13-17)23(24,25)26)29-22-30-21(14-33-22)16-3-6-18(7-4-16)32-12-9-27-15-32/h3-9,12-15,28H,10-11H2,1-2H3,(H,29,30). The molecule has 6 nitrogen and oxygen atoms in total. The van der Waals surface area contributed by atoms with E-state index in [0.29, 0.717) is 29.6 Å². The predicted octanol–water partition coefficient (Wildman–Crippen LogP) is 5.73. The molecular weight excluding hydrogens is 449 g/mol. The van der Waals surface area contributed by atoms with Crippen molar-refractivity contribution in [1.29, 1.82) is 0 Å². The first-order valence-corrected chi connectivity index (χ1v) is 11.1. The van der Waals surface area contributed by atoms with Crippen molar-refractivity contribution in [2.45, 2.75) is 6.18 Å². The summed E-state index contributed by atoms with van der Waals surface area (Å²) in [4.78, 5) is 10.5. The lowest BCUT2D eigenvalue weighted by molar-refractivity contribution is -0.136. The van der Waals surface area contributed by atoms with Crippen molar-refractivity contribution in [3.05, 3.63) is 72.1 Å². The molecule has 33 heavy (non-hydrogen) atoms. The Morgan fingerprint density at radius 1 is 1.09 bits per heavy atom. The van der Waals surface area contributed by atoms with E-state index in [4.69, 9.17) is 0 Å². The van der Waals surface area contributed by atoms with Crippen molar-refractivity contribution in [3.63, 3.8) is 0 Å². The largest absolute Gasteiger partial charge is 0.418 e. The first-order valence-electron chi connectivity index (χ1n) is 10.2. The zero-order valence-electron chi connectivity index (χ0n) is 18.1. The molecule has 4 aromatic rings. The number of alkyl halides is 3. The quantitative estimate of drug-likeness (QED) is 0.343. The van der Waals surface area contributed by atoms with Gasteiger partial charge in [-0.15, -0.1) is 11.3 Å². The van der Waals surface area contributed by atoms with Gasteiger partial charge >= 0.3 is 6.18 Å². The number of hydrogen-bond acceptors (Lipinski definition) is 6. The van der Waals surface area contributed by atoms with Crippen LogP contribution in [-0.2, 0) is 6.18 Å². The molecule has 0 radical (unpaired) electrons. The minimum Gasteiger partial charge on any atom is -0.384 e. The molecule has 0 atom stereocenters. The lowest BCUT2D eigenvalue weighted by Crippen LogP contribution is -2.21. The Balaban J connectivity index is 1.51. The van der Waals surface area contributed by atoms with Crippen LogP contribution in [0.2, 0.25) is 0 Å². The van der Waals surface area contributed by atoms with Crippen molar-refractivity contribution in [2.75, 3.05) is 37.8 Å². The molecule has 172 valence electrons. The second-order valence-corrected chi connectivity index (χ2v) is 8.53. The fourth-order valence-electron chi connectivity index (χ4n) is 3.22. The molecule has 0 spiro atoms. The van der Waals surface area contributed by atoms with E-state index in [-0.39, 0.29) is 5.69 Å². The molecule has 0 fully saturated rings. The van der Waals surface area contributed by atoms with Gasteiger partial charge in [-0.2, -0.15) is 13.2 Å².